The maximum atomic E-state index is 8.87. The average Bonchev–Trinajstić information content (AvgIpc) is 2.46. The van der Waals surface area contributed by atoms with Crippen LogP contribution in [-0.2, 0) is 4.74 Å². The van der Waals surface area contributed by atoms with Crippen molar-refractivity contribution >= 4 is 5.84 Å². The summed E-state index contributed by atoms with van der Waals surface area (Å²) in [6.45, 7) is 14.9. The number of nitrogens with two attached hydrogens (primary N) is 1. The number of ether oxygens (including phenoxy) is 1. The van der Waals surface area contributed by atoms with Gasteiger partial charge in [0.05, 0.1) is 12.1 Å². The molecule has 21 heavy (non-hydrogen) atoms. The van der Waals surface area contributed by atoms with Crippen LogP contribution in [0, 0.1) is 5.92 Å². The SMILES string of the molecule is CC(C)CCOCCN1CCN(C(C)(C)C(N)=NO)CC1. The van der Waals surface area contributed by atoms with Gasteiger partial charge < -0.3 is 15.7 Å². The van der Waals surface area contributed by atoms with E-state index in [9.17, 15) is 0 Å². The fourth-order valence-electron chi connectivity index (χ4n) is 2.43. The molecule has 1 rings (SSSR count). The Hall–Kier alpha value is -0.850. The van der Waals surface area contributed by atoms with Crippen LogP contribution in [0.5, 0.6) is 0 Å². The number of nitrogens with zero attached hydrogens (tertiary/aromatic N) is 3. The first-order chi connectivity index (χ1) is 9.87. The molecule has 0 bridgehead atoms. The Morgan fingerprint density at radius 3 is 2.38 bits per heavy atom. The topological polar surface area (TPSA) is 74.3 Å². The average molecular weight is 300 g/mol. The van der Waals surface area contributed by atoms with Gasteiger partial charge in [-0.3, -0.25) is 9.80 Å². The summed E-state index contributed by atoms with van der Waals surface area (Å²) < 4.78 is 5.67. The van der Waals surface area contributed by atoms with Crippen LogP contribution in [0.25, 0.3) is 0 Å². The second-order valence-electron chi connectivity index (χ2n) is 6.67. The van der Waals surface area contributed by atoms with Crippen LogP contribution >= 0.6 is 0 Å². The minimum atomic E-state index is -0.394. The molecule has 0 aromatic rings. The van der Waals surface area contributed by atoms with Crippen LogP contribution in [0.3, 0.4) is 0 Å². The van der Waals surface area contributed by atoms with Gasteiger partial charge in [0, 0.05) is 39.3 Å². The van der Waals surface area contributed by atoms with Crippen molar-refractivity contribution in [3.05, 3.63) is 0 Å². The predicted molar refractivity (Wildman–Crippen MR) is 85.8 cm³/mol. The molecule has 1 saturated heterocycles. The molecule has 0 amide bonds. The van der Waals surface area contributed by atoms with Crippen LogP contribution in [0.1, 0.15) is 34.1 Å². The highest BCUT2D eigenvalue weighted by atomic mass is 16.5. The van der Waals surface area contributed by atoms with Gasteiger partial charge in [-0.15, -0.1) is 0 Å². The lowest BCUT2D eigenvalue weighted by Gasteiger charge is -2.43. The molecule has 0 unspecified atom stereocenters. The number of piperazine rings is 1. The Balaban J connectivity index is 2.23. The zero-order chi connectivity index (χ0) is 15.9. The van der Waals surface area contributed by atoms with E-state index in [1.165, 1.54) is 0 Å². The zero-order valence-electron chi connectivity index (χ0n) is 14.0. The van der Waals surface area contributed by atoms with Crippen molar-refractivity contribution in [1.82, 2.24) is 9.80 Å². The molecule has 124 valence electrons. The second kappa shape index (κ2) is 8.56. The Labute approximate surface area is 128 Å². The first kappa shape index (κ1) is 18.2. The van der Waals surface area contributed by atoms with E-state index in [4.69, 9.17) is 15.7 Å². The van der Waals surface area contributed by atoms with Crippen LogP contribution < -0.4 is 5.73 Å². The summed E-state index contributed by atoms with van der Waals surface area (Å²) in [4.78, 5) is 4.67. The van der Waals surface area contributed by atoms with Crippen molar-refractivity contribution < 1.29 is 9.94 Å². The van der Waals surface area contributed by atoms with Gasteiger partial charge in [0.2, 0.25) is 0 Å². The van der Waals surface area contributed by atoms with Crippen molar-refractivity contribution in [2.75, 3.05) is 45.9 Å². The van der Waals surface area contributed by atoms with E-state index in [0.29, 0.717) is 5.92 Å². The number of hydrogen-bond acceptors (Lipinski definition) is 5. The summed E-state index contributed by atoms with van der Waals surface area (Å²) in [5.74, 6) is 0.974. The quantitative estimate of drug-likeness (QED) is 0.232. The van der Waals surface area contributed by atoms with Crippen LogP contribution in [-0.4, -0.2) is 72.3 Å². The molecule has 3 N–H and O–H groups in total. The summed E-state index contributed by atoms with van der Waals surface area (Å²) in [6, 6.07) is 0. The van der Waals surface area contributed by atoms with Gasteiger partial charge in [-0.1, -0.05) is 19.0 Å². The number of amidine groups is 1. The highest BCUT2D eigenvalue weighted by Gasteiger charge is 2.33. The van der Waals surface area contributed by atoms with Gasteiger partial charge in [0.15, 0.2) is 5.84 Å². The van der Waals surface area contributed by atoms with E-state index in [1.54, 1.807) is 0 Å². The maximum absolute atomic E-state index is 8.87. The molecular formula is C15H32N4O2. The number of hydrogen-bond donors (Lipinski definition) is 2. The Bertz CT molecular complexity index is 324. The standard InChI is InChI=1S/C15H32N4O2/c1-13(2)5-11-21-12-10-18-6-8-19(9-7-18)15(3,4)14(16)17-20/h13,20H,5-12H2,1-4H3,(H2,16,17). The molecule has 1 fully saturated rings. The second-order valence-corrected chi connectivity index (χ2v) is 6.67. The largest absolute Gasteiger partial charge is 0.409 e. The highest BCUT2D eigenvalue weighted by Crippen LogP contribution is 2.17. The van der Waals surface area contributed by atoms with Crippen LogP contribution in [0.2, 0.25) is 0 Å². The Morgan fingerprint density at radius 2 is 1.86 bits per heavy atom. The third-order valence-electron chi connectivity index (χ3n) is 4.29. The molecule has 1 heterocycles. The van der Waals surface area contributed by atoms with Gasteiger partial charge in [-0.05, 0) is 26.2 Å². The summed E-state index contributed by atoms with van der Waals surface area (Å²) in [7, 11) is 0. The van der Waals surface area contributed by atoms with Gasteiger partial charge in [0.1, 0.15) is 0 Å². The molecule has 0 aromatic heterocycles. The molecular weight excluding hydrogens is 268 g/mol. The normalized spacial score (nSPS) is 19.4. The van der Waals surface area contributed by atoms with Crippen molar-refractivity contribution in [2.24, 2.45) is 16.8 Å². The fourth-order valence-corrected chi connectivity index (χ4v) is 2.43. The first-order valence-electron chi connectivity index (χ1n) is 7.91. The van der Waals surface area contributed by atoms with Gasteiger partial charge in [-0.25, -0.2) is 0 Å². The minimum absolute atomic E-state index is 0.271. The van der Waals surface area contributed by atoms with Crippen molar-refractivity contribution in [2.45, 2.75) is 39.7 Å². The third-order valence-corrected chi connectivity index (χ3v) is 4.29. The maximum Gasteiger partial charge on any atom is 0.159 e. The lowest BCUT2D eigenvalue weighted by Crippen LogP contribution is -2.59. The van der Waals surface area contributed by atoms with E-state index in [0.717, 1.165) is 52.4 Å². The van der Waals surface area contributed by atoms with Gasteiger partial charge in [-0.2, -0.15) is 0 Å². The molecule has 0 saturated carbocycles. The molecule has 1 aliphatic rings. The van der Waals surface area contributed by atoms with Crippen molar-refractivity contribution in [1.29, 1.82) is 0 Å². The van der Waals surface area contributed by atoms with E-state index >= 15 is 0 Å². The molecule has 0 aromatic carbocycles. The summed E-state index contributed by atoms with van der Waals surface area (Å²) in [5.41, 5.74) is 5.38. The predicted octanol–water partition coefficient (Wildman–Crippen LogP) is 1.19. The van der Waals surface area contributed by atoms with Crippen molar-refractivity contribution in [3.8, 4) is 0 Å². The monoisotopic (exact) mass is 300 g/mol. The number of oxime groups is 1. The molecule has 0 atom stereocenters. The lowest BCUT2D eigenvalue weighted by molar-refractivity contribution is 0.0520. The highest BCUT2D eigenvalue weighted by molar-refractivity contribution is 5.88. The molecule has 1 aliphatic heterocycles. The smallest absolute Gasteiger partial charge is 0.159 e. The number of rotatable bonds is 8. The molecule has 0 spiro atoms. The van der Waals surface area contributed by atoms with Gasteiger partial charge in [0.25, 0.3) is 0 Å². The van der Waals surface area contributed by atoms with Gasteiger partial charge >= 0.3 is 0 Å². The fraction of sp³-hybridized carbons (Fsp3) is 0.933. The molecule has 6 heteroatoms. The Kier molecular flexibility index (Phi) is 7.42. The van der Waals surface area contributed by atoms with E-state index in [2.05, 4.69) is 28.8 Å². The van der Waals surface area contributed by atoms with E-state index in [1.807, 2.05) is 13.8 Å². The van der Waals surface area contributed by atoms with E-state index in [-0.39, 0.29) is 5.84 Å². The van der Waals surface area contributed by atoms with Crippen molar-refractivity contribution in [3.63, 3.8) is 0 Å². The molecule has 0 radical (unpaired) electrons. The summed E-state index contributed by atoms with van der Waals surface area (Å²) in [5, 5.41) is 12.0. The molecule has 0 aliphatic carbocycles. The first-order valence-corrected chi connectivity index (χ1v) is 7.91. The zero-order valence-corrected chi connectivity index (χ0v) is 14.0. The molecule has 6 nitrogen and oxygen atoms in total. The summed E-state index contributed by atoms with van der Waals surface area (Å²) in [6.07, 6.45) is 1.13. The Morgan fingerprint density at radius 1 is 1.24 bits per heavy atom. The summed E-state index contributed by atoms with van der Waals surface area (Å²) >= 11 is 0. The van der Waals surface area contributed by atoms with E-state index < -0.39 is 5.54 Å². The van der Waals surface area contributed by atoms with Crippen LogP contribution in [0.4, 0.5) is 0 Å². The minimum Gasteiger partial charge on any atom is -0.409 e. The lowest BCUT2D eigenvalue weighted by atomic mass is 10.0. The van der Waals surface area contributed by atoms with Crippen LogP contribution in [0.15, 0.2) is 5.16 Å². The third kappa shape index (κ3) is 5.80.